The van der Waals surface area contributed by atoms with E-state index >= 15 is 0 Å². The number of nitriles is 2. The predicted octanol–water partition coefficient (Wildman–Crippen LogP) is 5.86. The maximum atomic E-state index is 12.7. The van der Waals surface area contributed by atoms with Gasteiger partial charge in [0.2, 0.25) is 5.84 Å². The van der Waals surface area contributed by atoms with Crippen LogP contribution in [0.4, 0.5) is 11.4 Å². The molecule has 0 unspecified atom stereocenters. The monoisotopic (exact) mass is 513 g/mol. The van der Waals surface area contributed by atoms with Gasteiger partial charge in [-0.15, -0.1) is 15.3 Å². The molecule has 0 aromatic heterocycles. The number of amidine groups is 1. The Balaban J connectivity index is 1.96. The second-order valence-corrected chi connectivity index (χ2v) is 8.31. The molecule has 186 valence electrons. The molecule has 2 N–H and O–H groups in total. The SMILES string of the molecule is Cc1cc(N(CCC#N)CCC#N)ccc1/C(N=Nc1ccccc1)=N\NC(=O)c1cc(Cl)ccc1O. The molecular formula is C27H24ClN7O2. The van der Waals surface area contributed by atoms with Gasteiger partial charge in [-0.05, 0) is 61.0 Å². The van der Waals surface area contributed by atoms with Gasteiger partial charge in [0.05, 0.1) is 36.2 Å². The molecule has 0 saturated heterocycles. The largest absolute Gasteiger partial charge is 0.507 e. The van der Waals surface area contributed by atoms with Crippen LogP contribution in [0.2, 0.25) is 5.02 Å². The average molecular weight is 514 g/mol. The van der Waals surface area contributed by atoms with Crippen molar-refractivity contribution in [3.05, 3.63) is 88.4 Å². The number of aromatic hydroxyl groups is 1. The highest BCUT2D eigenvalue weighted by molar-refractivity contribution is 6.31. The molecule has 3 aromatic rings. The fourth-order valence-electron chi connectivity index (χ4n) is 3.43. The summed E-state index contributed by atoms with van der Waals surface area (Å²) in [4.78, 5) is 14.7. The van der Waals surface area contributed by atoms with E-state index in [-0.39, 0.29) is 17.1 Å². The van der Waals surface area contributed by atoms with Crippen LogP contribution in [0.1, 0.15) is 34.3 Å². The number of phenols is 1. The standard InChI is InChI=1S/C27H24ClN7O2/c1-19-17-22(35(15-5-13-29)16-6-14-30)10-11-23(19)26(32-31-21-7-3-2-4-8-21)33-34-27(37)24-18-20(28)9-12-25(24)36/h2-4,7-12,17-18,36H,5-6,15-16H2,1H3,(H,34,37)/b32-31?,33-26+. The Bertz CT molecular complexity index is 1370. The van der Waals surface area contributed by atoms with Crippen molar-refractivity contribution in [3.8, 4) is 17.9 Å². The van der Waals surface area contributed by atoms with Crippen molar-refractivity contribution in [1.82, 2.24) is 5.43 Å². The second-order valence-electron chi connectivity index (χ2n) is 7.88. The van der Waals surface area contributed by atoms with Crippen molar-refractivity contribution in [1.29, 1.82) is 10.5 Å². The molecule has 3 rings (SSSR count). The molecule has 0 heterocycles. The lowest BCUT2D eigenvalue weighted by Gasteiger charge is -2.23. The number of hydrazone groups is 1. The number of amides is 1. The van der Waals surface area contributed by atoms with Gasteiger partial charge in [0.1, 0.15) is 5.75 Å². The average Bonchev–Trinajstić information content (AvgIpc) is 2.91. The van der Waals surface area contributed by atoms with Crippen LogP contribution in [0.5, 0.6) is 5.75 Å². The summed E-state index contributed by atoms with van der Waals surface area (Å²) >= 11 is 5.96. The van der Waals surface area contributed by atoms with Crippen LogP contribution in [0.15, 0.2) is 82.1 Å². The molecule has 37 heavy (non-hydrogen) atoms. The van der Waals surface area contributed by atoms with Crippen molar-refractivity contribution in [2.45, 2.75) is 19.8 Å². The summed E-state index contributed by atoms with van der Waals surface area (Å²) in [5, 5.41) is 41.0. The van der Waals surface area contributed by atoms with Crippen LogP contribution in [-0.2, 0) is 0 Å². The van der Waals surface area contributed by atoms with E-state index in [9.17, 15) is 9.90 Å². The topological polar surface area (TPSA) is 137 Å². The minimum absolute atomic E-state index is 0.0340. The number of azo groups is 1. The number of phenolic OH excluding ortho intramolecular Hbond substituents is 1. The summed E-state index contributed by atoms with van der Waals surface area (Å²) in [6.07, 6.45) is 0.652. The molecule has 0 radical (unpaired) electrons. The zero-order valence-electron chi connectivity index (χ0n) is 20.1. The van der Waals surface area contributed by atoms with Gasteiger partial charge in [-0.3, -0.25) is 4.79 Å². The number of hydrogen-bond acceptors (Lipinski definition) is 7. The number of anilines is 1. The van der Waals surface area contributed by atoms with E-state index in [1.165, 1.54) is 18.2 Å². The van der Waals surface area contributed by atoms with Gasteiger partial charge in [0, 0.05) is 29.4 Å². The molecule has 0 saturated carbocycles. The van der Waals surface area contributed by atoms with Crippen molar-refractivity contribution in [2.75, 3.05) is 18.0 Å². The maximum Gasteiger partial charge on any atom is 0.275 e. The highest BCUT2D eigenvalue weighted by Crippen LogP contribution is 2.23. The maximum absolute atomic E-state index is 12.7. The van der Waals surface area contributed by atoms with E-state index in [0.29, 0.717) is 42.2 Å². The number of benzene rings is 3. The van der Waals surface area contributed by atoms with E-state index in [0.717, 1.165) is 11.3 Å². The van der Waals surface area contributed by atoms with Gasteiger partial charge in [-0.2, -0.15) is 10.5 Å². The fraction of sp³-hybridized carbons (Fsp3) is 0.185. The van der Waals surface area contributed by atoms with Gasteiger partial charge in [0.25, 0.3) is 5.91 Å². The van der Waals surface area contributed by atoms with E-state index < -0.39 is 5.91 Å². The summed E-state index contributed by atoms with van der Waals surface area (Å²) in [7, 11) is 0. The Morgan fingerprint density at radius 3 is 2.35 bits per heavy atom. The second kappa shape index (κ2) is 13.4. The lowest BCUT2D eigenvalue weighted by atomic mass is 10.1. The zero-order valence-corrected chi connectivity index (χ0v) is 20.9. The first-order chi connectivity index (χ1) is 17.9. The Morgan fingerprint density at radius 1 is 1.00 bits per heavy atom. The van der Waals surface area contributed by atoms with Crippen LogP contribution < -0.4 is 10.3 Å². The minimum atomic E-state index is -0.666. The minimum Gasteiger partial charge on any atom is -0.507 e. The predicted molar refractivity (Wildman–Crippen MR) is 142 cm³/mol. The molecule has 0 aliphatic heterocycles. The third-order valence-electron chi connectivity index (χ3n) is 5.29. The van der Waals surface area contributed by atoms with E-state index in [2.05, 4.69) is 32.9 Å². The summed E-state index contributed by atoms with van der Waals surface area (Å²) in [6.45, 7) is 2.85. The number of nitrogens with zero attached hydrogens (tertiary/aromatic N) is 6. The van der Waals surface area contributed by atoms with E-state index in [1.54, 1.807) is 18.2 Å². The summed E-state index contributed by atoms with van der Waals surface area (Å²) in [6, 6.07) is 23.0. The van der Waals surface area contributed by atoms with E-state index in [1.807, 2.05) is 42.2 Å². The fourth-order valence-corrected chi connectivity index (χ4v) is 3.60. The van der Waals surface area contributed by atoms with Crippen molar-refractivity contribution < 1.29 is 9.90 Å². The summed E-state index contributed by atoms with van der Waals surface area (Å²) in [5.41, 5.74) is 5.23. The van der Waals surface area contributed by atoms with Gasteiger partial charge < -0.3 is 10.0 Å². The quantitative estimate of drug-likeness (QED) is 0.160. The highest BCUT2D eigenvalue weighted by atomic mass is 35.5. The molecular weight excluding hydrogens is 490 g/mol. The lowest BCUT2D eigenvalue weighted by molar-refractivity contribution is 0.0952. The number of hydrogen-bond donors (Lipinski definition) is 2. The molecule has 10 heteroatoms. The normalized spacial score (nSPS) is 11.1. The first-order valence-electron chi connectivity index (χ1n) is 11.4. The first-order valence-corrected chi connectivity index (χ1v) is 11.7. The molecule has 3 aromatic carbocycles. The molecule has 1 amide bonds. The number of carbonyl (C=O) groups excluding carboxylic acids is 1. The van der Waals surface area contributed by atoms with Crippen LogP contribution in [-0.4, -0.2) is 29.9 Å². The van der Waals surface area contributed by atoms with Crippen LogP contribution in [0.3, 0.4) is 0 Å². The van der Waals surface area contributed by atoms with Gasteiger partial charge in [-0.1, -0.05) is 29.8 Å². The van der Waals surface area contributed by atoms with Gasteiger partial charge in [0.15, 0.2) is 0 Å². The van der Waals surface area contributed by atoms with Crippen molar-refractivity contribution in [3.63, 3.8) is 0 Å². The number of halogens is 1. The Morgan fingerprint density at radius 2 is 1.70 bits per heavy atom. The van der Waals surface area contributed by atoms with Crippen LogP contribution >= 0.6 is 11.6 Å². The number of nitrogens with one attached hydrogen (secondary N) is 1. The van der Waals surface area contributed by atoms with Crippen molar-refractivity contribution >= 4 is 34.7 Å². The molecule has 0 atom stereocenters. The Labute approximate surface area is 219 Å². The van der Waals surface area contributed by atoms with Crippen LogP contribution in [0.25, 0.3) is 0 Å². The number of rotatable bonds is 9. The smallest absolute Gasteiger partial charge is 0.275 e. The van der Waals surface area contributed by atoms with Crippen molar-refractivity contribution in [2.24, 2.45) is 15.3 Å². The van der Waals surface area contributed by atoms with Gasteiger partial charge >= 0.3 is 0 Å². The first kappa shape index (κ1) is 26.9. The molecule has 0 spiro atoms. The third-order valence-corrected chi connectivity index (χ3v) is 5.52. The zero-order chi connectivity index (χ0) is 26.6. The van der Waals surface area contributed by atoms with Crippen LogP contribution in [0, 0.1) is 29.6 Å². The molecule has 0 bridgehead atoms. The molecule has 0 aliphatic carbocycles. The number of aryl methyl sites for hydroxylation is 1. The molecule has 0 aliphatic rings. The summed E-state index contributed by atoms with van der Waals surface area (Å²) < 4.78 is 0. The summed E-state index contributed by atoms with van der Waals surface area (Å²) in [5.74, 6) is -0.760. The van der Waals surface area contributed by atoms with Gasteiger partial charge in [-0.25, -0.2) is 5.43 Å². The third kappa shape index (κ3) is 7.63. The van der Waals surface area contributed by atoms with E-state index in [4.69, 9.17) is 22.1 Å². The number of carbonyl (C=O) groups is 1. The molecule has 0 fully saturated rings. The Hall–Kier alpha value is -4.73. The lowest BCUT2D eigenvalue weighted by Crippen LogP contribution is -2.25. The Kier molecular flexibility index (Phi) is 9.72. The molecule has 9 nitrogen and oxygen atoms in total. The highest BCUT2D eigenvalue weighted by Gasteiger charge is 2.15.